The van der Waals surface area contributed by atoms with Crippen molar-refractivity contribution in [3.8, 4) is 11.3 Å². The summed E-state index contributed by atoms with van der Waals surface area (Å²) in [6.07, 6.45) is 4.22. The Balaban J connectivity index is 1.55. The molecule has 1 N–H and O–H groups in total. The summed E-state index contributed by atoms with van der Waals surface area (Å²) in [6, 6.07) is 19.2. The van der Waals surface area contributed by atoms with Gasteiger partial charge < -0.3 is 9.72 Å². The summed E-state index contributed by atoms with van der Waals surface area (Å²) >= 11 is 6.14. The van der Waals surface area contributed by atoms with Crippen molar-refractivity contribution >= 4 is 28.8 Å². The highest BCUT2D eigenvalue weighted by atomic mass is 35.5. The van der Waals surface area contributed by atoms with E-state index in [1.165, 1.54) is 5.56 Å². The molecule has 0 fully saturated rings. The van der Waals surface area contributed by atoms with Gasteiger partial charge in [-0.2, -0.15) is 0 Å². The van der Waals surface area contributed by atoms with Crippen LogP contribution in [-0.4, -0.2) is 15.3 Å². The number of nitrogens with zero attached hydrogens (tertiary/aromatic N) is 2. The zero-order valence-corrected chi connectivity index (χ0v) is 15.6. The van der Waals surface area contributed by atoms with E-state index in [1.54, 1.807) is 6.07 Å². The second-order valence-corrected chi connectivity index (χ2v) is 6.90. The van der Waals surface area contributed by atoms with Gasteiger partial charge in [0, 0.05) is 28.7 Å². The van der Waals surface area contributed by atoms with Crippen molar-refractivity contribution in [1.82, 2.24) is 9.38 Å². The first-order valence-corrected chi connectivity index (χ1v) is 9.05. The molecule has 0 bridgehead atoms. The zero-order valence-electron chi connectivity index (χ0n) is 14.8. The molecule has 0 aliphatic heterocycles. The molecule has 27 heavy (non-hydrogen) atoms. The van der Waals surface area contributed by atoms with Gasteiger partial charge in [0.05, 0.1) is 12.1 Å². The van der Waals surface area contributed by atoms with E-state index in [4.69, 9.17) is 11.6 Å². The number of pyridine rings is 1. The Labute approximate surface area is 162 Å². The number of carbonyl (C=O) groups is 1. The highest BCUT2D eigenvalue weighted by molar-refractivity contribution is 6.31. The number of nitrogens with one attached hydrogen (secondary N) is 1. The molecule has 2 aromatic carbocycles. The molecule has 2 aromatic heterocycles. The van der Waals surface area contributed by atoms with Crippen molar-refractivity contribution in [2.45, 2.75) is 13.3 Å². The van der Waals surface area contributed by atoms with Crippen LogP contribution in [0.25, 0.3) is 16.9 Å². The molecule has 0 saturated carbocycles. The van der Waals surface area contributed by atoms with Crippen LogP contribution in [0.5, 0.6) is 0 Å². The van der Waals surface area contributed by atoms with Crippen LogP contribution in [-0.2, 0) is 11.2 Å². The van der Waals surface area contributed by atoms with Crippen molar-refractivity contribution in [2.75, 3.05) is 5.32 Å². The average Bonchev–Trinajstić information content (AvgIpc) is 3.07. The van der Waals surface area contributed by atoms with Crippen molar-refractivity contribution in [1.29, 1.82) is 0 Å². The van der Waals surface area contributed by atoms with E-state index in [0.29, 0.717) is 5.02 Å². The monoisotopic (exact) mass is 375 g/mol. The maximum Gasteiger partial charge on any atom is 0.228 e. The predicted octanol–water partition coefficient (Wildman–Crippen LogP) is 5.14. The summed E-state index contributed by atoms with van der Waals surface area (Å²) in [6.45, 7) is 2.05. The number of fused-ring (bicyclic) bond motifs is 1. The van der Waals surface area contributed by atoms with E-state index in [-0.39, 0.29) is 12.3 Å². The number of hydrogen-bond donors (Lipinski definition) is 1. The van der Waals surface area contributed by atoms with Crippen LogP contribution in [0.2, 0.25) is 5.02 Å². The summed E-state index contributed by atoms with van der Waals surface area (Å²) in [5.41, 5.74) is 5.43. The Hall–Kier alpha value is -3.11. The van der Waals surface area contributed by atoms with E-state index in [9.17, 15) is 4.79 Å². The number of aryl methyl sites for hydroxylation is 1. The van der Waals surface area contributed by atoms with Crippen LogP contribution in [0.15, 0.2) is 73.1 Å². The summed E-state index contributed by atoms with van der Waals surface area (Å²) in [4.78, 5) is 17.0. The van der Waals surface area contributed by atoms with Gasteiger partial charge in [-0.1, -0.05) is 41.9 Å². The Morgan fingerprint density at radius 3 is 2.81 bits per heavy atom. The van der Waals surface area contributed by atoms with Gasteiger partial charge in [0.25, 0.3) is 0 Å². The smallest absolute Gasteiger partial charge is 0.228 e. The van der Waals surface area contributed by atoms with Gasteiger partial charge in [0.2, 0.25) is 5.91 Å². The second-order valence-electron chi connectivity index (χ2n) is 6.49. The van der Waals surface area contributed by atoms with Gasteiger partial charge in [-0.25, -0.2) is 4.98 Å². The molecule has 4 rings (SSSR count). The molecule has 4 nitrogen and oxygen atoms in total. The Morgan fingerprint density at radius 1 is 1.11 bits per heavy atom. The lowest BCUT2D eigenvalue weighted by molar-refractivity contribution is -0.115. The Bertz CT molecular complexity index is 1130. The van der Waals surface area contributed by atoms with E-state index in [0.717, 1.165) is 28.2 Å². The molecule has 1 amide bonds. The SMILES string of the molecule is Cc1ccn2cc(-c3cccc(NC(=O)Cc4ccccc4Cl)c3)nc2c1. The van der Waals surface area contributed by atoms with Crippen LogP contribution >= 0.6 is 11.6 Å². The fourth-order valence-electron chi connectivity index (χ4n) is 3.00. The number of aromatic nitrogens is 2. The van der Waals surface area contributed by atoms with Gasteiger partial charge >= 0.3 is 0 Å². The maximum atomic E-state index is 12.4. The van der Waals surface area contributed by atoms with Crippen molar-refractivity contribution in [2.24, 2.45) is 0 Å². The van der Waals surface area contributed by atoms with E-state index in [2.05, 4.69) is 10.3 Å². The quantitative estimate of drug-likeness (QED) is 0.536. The standard InChI is InChI=1S/C22H18ClN3O/c1-15-9-10-26-14-20(25-21(26)11-15)17-6-4-7-18(12-17)24-22(27)13-16-5-2-3-8-19(16)23/h2-12,14H,13H2,1H3,(H,24,27). The van der Waals surface area contributed by atoms with Crippen LogP contribution in [0.4, 0.5) is 5.69 Å². The highest BCUT2D eigenvalue weighted by Crippen LogP contribution is 2.23. The zero-order chi connectivity index (χ0) is 18.8. The van der Waals surface area contributed by atoms with Crippen LogP contribution in [0.1, 0.15) is 11.1 Å². The Morgan fingerprint density at radius 2 is 1.96 bits per heavy atom. The number of amides is 1. The first kappa shape index (κ1) is 17.3. The van der Waals surface area contributed by atoms with Crippen LogP contribution < -0.4 is 5.32 Å². The first-order chi connectivity index (χ1) is 13.1. The van der Waals surface area contributed by atoms with Crippen LogP contribution in [0.3, 0.4) is 0 Å². The molecule has 0 unspecified atom stereocenters. The molecule has 0 radical (unpaired) electrons. The lowest BCUT2D eigenvalue weighted by Crippen LogP contribution is -2.14. The van der Waals surface area contributed by atoms with Crippen molar-refractivity contribution < 1.29 is 4.79 Å². The van der Waals surface area contributed by atoms with Gasteiger partial charge in [-0.05, 0) is 48.4 Å². The van der Waals surface area contributed by atoms with Crippen LogP contribution in [0, 0.1) is 6.92 Å². The summed E-state index contributed by atoms with van der Waals surface area (Å²) in [5.74, 6) is -0.106. The van der Waals surface area contributed by atoms with Gasteiger partial charge in [-0.3, -0.25) is 4.79 Å². The lowest BCUT2D eigenvalue weighted by Gasteiger charge is -2.07. The first-order valence-electron chi connectivity index (χ1n) is 8.67. The molecule has 4 aromatic rings. The molecule has 0 aliphatic carbocycles. The molecule has 0 atom stereocenters. The number of benzene rings is 2. The normalized spacial score (nSPS) is 10.9. The second kappa shape index (κ2) is 7.25. The Kier molecular flexibility index (Phi) is 4.65. The largest absolute Gasteiger partial charge is 0.326 e. The lowest BCUT2D eigenvalue weighted by atomic mass is 10.1. The van der Waals surface area contributed by atoms with E-state index >= 15 is 0 Å². The minimum atomic E-state index is -0.106. The van der Waals surface area contributed by atoms with E-state index in [1.807, 2.05) is 78.3 Å². The number of carbonyl (C=O) groups excluding carboxylic acids is 1. The molecule has 2 heterocycles. The molecule has 0 spiro atoms. The third kappa shape index (κ3) is 3.86. The van der Waals surface area contributed by atoms with Gasteiger partial charge in [-0.15, -0.1) is 0 Å². The van der Waals surface area contributed by atoms with Crippen molar-refractivity contribution in [3.05, 3.63) is 89.2 Å². The third-order valence-electron chi connectivity index (χ3n) is 4.37. The molecule has 134 valence electrons. The summed E-state index contributed by atoms with van der Waals surface area (Å²) in [7, 11) is 0. The number of imidazole rings is 1. The highest BCUT2D eigenvalue weighted by Gasteiger charge is 2.09. The number of anilines is 1. The number of halogens is 1. The molecular formula is C22H18ClN3O. The minimum absolute atomic E-state index is 0.106. The minimum Gasteiger partial charge on any atom is -0.326 e. The topological polar surface area (TPSA) is 46.4 Å². The van der Waals surface area contributed by atoms with Crippen molar-refractivity contribution in [3.63, 3.8) is 0 Å². The average molecular weight is 376 g/mol. The van der Waals surface area contributed by atoms with Gasteiger partial charge in [0.15, 0.2) is 0 Å². The fourth-order valence-corrected chi connectivity index (χ4v) is 3.20. The molecule has 0 saturated heterocycles. The fraction of sp³-hybridized carbons (Fsp3) is 0.0909. The summed E-state index contributed by atoms with van der Waals surface area (Å²) < 4.78 is 1.99. The van der Waals surface area contributed by atoms with Gasteiger partial charge in [0.1, 0.15) is 5.65 Å². The third-order valence-corrected chi connectivity index (χ3v) is 4.74. The molecular weight excluding hydrogens is 358 g/mol. The summed E-state index contributed by atoms with van der Waals surface area (Å²) in [5, 5.41) is 3.54. The maximum absolute atomic E-state index is 12.4. The molecule has 5 heteroatoms. The molecule has 0 aliphatic rings. The number of hydrogen-bond acceptors (Lipinski definition) is 2. The number of rotatable bonds is 4. The van der Waals surface area contributed by atoms with E-state index < -0.39 is 0 Å². The predicted molar refractivity (Wildman–Crippen MR) is 109 cm³/mol.